The summed E-state index contributed by atoms with van der Waals surface area (Å²) in [6.07, 6.45) is 4.63. The monoisotopic (exact) mass is 350 g/mol. The number of hydrogen-bond acceptors (Lipinski definition) is 6. The Balaban J connectivity index is 1.81. The minimum atomic E-state index is -0.473. The molecule has 2 aromatic heterocycles. The Morgan fingerprint density at radius 1 is 1.38 bits per heavy atom. The summed E-state index contributed by atoms with van der Waals surface area (Å²) in [4.78, 5) is 21.2. The molecule has 8 nitrogen and oxygen atoms in total. The van der Waals surface area contributed by atoms with Crippen LogP contribution in [0.3, 0.4) is 0 Å². The lowest BCUT2D eigenvalue weighted by Crippen LogP contribution is -2.21. The van der Waals surface area contributed by atoms with Crippen LogP contribution < -0.4 is 4.90 Å². The maximum Gasteiger partial charge on any atom is 0.270 e. The number of hydrogen-bond donors (Lipinski definition) is 0. The SMILES string of the molecule is Cc1nccn1CCCN(C)c1cc(C#N)c2cc([N+](=O)[O-])ccc2n1. The van der Waals surface area contributed by atoms with E-state index >= 15 is 0 Å². The number of nitrogens with zero attached hydrogens (tertiary/aromatic N) is 6. The van der Waals surface area contributed by atoms with Crippen LogP contribution in [0.4, 0.5) is 11.5 Å². The van der Waals surface area contributed by atoms with E-state index < -0.39 is 4.92 Å². The van der Waals surface area contributed by atoms with Crippen molar-refractivity contribution in [1.82, 2.24) is 14.5 Å². The highest BCUT2D eigenvalue weighted by molar-refractivity contribution is 5.88. The summed E-state index contributed by atoms with van der Waals surface area (Å²) in [5.41, 5.74) is 0.903. The highest BCUT2D eigenvalue weighted by Crippen LogP contribution is 2.26. The lowest BCUT2D eigenvalue weighted by Gasteiger charge is -2.19. The second kappa shape index (κ2) is 7.19. The number of nitriles is 1. The fourth-order valence-electron chi connectivity index (χ4n) is 2.83. The lowest BCUT2D eigenvalue weighted by atomic mass is 10.1. The third kappa shape index (κ3) is 3.47. The second-order valence-corrected chi connectivity index (χ2v) is 6.04. The number of benzene rings is 1. The van der Waals surface area contributed by atoms with E-state index in [9.17, 15) is 15.4 Å². The Kier molecular flexibility index (Phi) is 4.80. The van der Waals surface area contributed by atoms with E-state index in [2.05, 4.69) is 20.6 Å². The van der Waals surface area contributed by atoms with E-state index in [0.29, 0.717) is 22.3 Å². The van der Waals surface area contributed by atoms with Crippen LogP contribution in [0.1, 0.15) is 17.8 Å². The molecule has 0 aliphatic rings. The van der Waals surface area contributed by atoms with Gasteiger partial charge < -0.3 is 9.47 Å². The molecule has 1 aromatic carbocycles. The van der Waals surface area contributed by atoms with Crippen molar-refractivity contribution in [3.63, 3.8) is 0 Å². The summed E-state index contributed by atoms with van der Waals surface area (Å²) >= 11 is 0. The van der Waals surface area contributed by atoms with E-state index in [1.54, 1.807) is 18.3 Å². The number of pyridine rings is 1. The predicted octanol–water partition coefficient (Wildman–Crippen LogP) is 3.05. The number of nitro benzene ring substituents is 1. The molecular weight excluding hydrogens is 332 g/mol. The molecule has 3 rings (SSSR count). The average molecular weight is 350 g/mol. The summed E-state index contributed by atoms with van der Waals surface area (Å²) in [6, 6.07) is 8.17. The Hall–Kier alpha value is -3.47. The summed E-state index contributed by atoms with van der Waals surface area (Å²) < 4.78 is 2.08. The Morgan fingerprint density at radius 3 is 2.85 bits per heavy atom. The van der Waals surface area contributed by atoms with Gasteiger partial charge in [0.15, 0.2) is 0 Å². The van der Waals surface area contributed by atoms with Crippen LogP contribution in [0, 0.1) is 28.4 Å². The second-order valence-electron chi connectivity index (χ2n) is 6.04. The molecule has 3 aromatic rings. The van der Waals surface area contributed by atoms with Crippen molar-refractivity contribution >= 4 is 22.4 Å². The third-order valence-corrected chi connectivity index (χ3v) is 4.32. The van der Waals surface area contributed by atoms with E-state index in [1.807, 2.05) is 25.1 Å². The van der Waals surface area contributed by atoms with Crippen molar-refractivity contribution in [2.24, 2.45) is 0 Å². The number of anilines is 1. The Morgan fingerprint density at radius 2 is 2.19 bits per heavy atom. The van der Waals surface area contributed by atoms with Gasteiger partial charge in [0.25, 0.3) is 5.69 Å². The number of non-ortho nitro benzene ring substituents is 1. The lowest BCUT2D eigenvalue weighted by molar-refractivity contribution is -0.384. The first-order valence-electron chi connectivity index (χ1n) is 8.18. The zero-order valence-electron chi connectivity index (χ0n) is 14.6. The third-order valence-electron chi connectivity index (χ3n) is 4.32. The summed E-state index contributed by atoms with van der Waals surface area (Å²) in [6.45, 7) is 3.57. The number of fused-ring (bicyclic) bond motifs is 1. The average Bonchev–Trinajstić information content (AvgIpc) is 3.05. The fourth-order valence-corrected chi connectivity index (χ4v) is 2.83. The summed E-state index contributed by atoms with van der Waals surface area (Å²) in [5.74, 6) is 1.65. The molecule has 0 saturated carbocycles. The van der Waals surface area contributed by atoms with Gasteiger partial charge in [-0.3, -0.25) is 10.1 Å². The largest absolute Gasteiger partial charge is 0.360 e. The van der Waals surface area contributed by atoms with Crippen LogP contribution >= 0.6 is 0 Å². The molecule has 0 spiro atoms. The first kappa shape index (κ1) is 17.4. The summed E-state index contributed by atoms with van der Waals surface area (Å²) in [7, 11) is 1.92. The number of aromatic nitrogens is 3. The van der Waals surface area contributed by atoms with Crippen molar-refractivity contribution in [3.8, 4) is 6.07 Å². The van der Waals surface area contributed by atoms with E-state index in [0.717, 1.165) is 25.3 Å². The quantitative estimate of drug-likeness (QED) is 0.500. The maximum atomic E-state index is 10.9. The van der Waals surface area contributed by atoms with Crippen molar-refractivity contribution in [3.05, 3.63) is 58.2 Å². The smallest absolute Gasteiger partial charge is 0.270 e. The molecular formula is C18H18N6O2. The van der Waals surface area contributed by atoms with Crippen LogP contribution in [0.25, 0.3) is 10.9 Å². The molecule has 0 radical (unpaired) electrons. The van der Waals surface area contributed by atoms with Gasteiger partial charge in [0, 0.05) is 50.0 Å². The molecule has 0 aliphatic heterocycles. The van der Waals surface area contributed by atoms with Crippen molar-refractivity contribution in [1.29, 1.82) is 5.26 Å². The molecule has 0 amide bonds. The van der Waals surface area contributed by atoms with Gasteiger partial charge in [0.2, 0.25) is 0 Å². The number of nitro groups is 1. The van der Waals surface area contributed by atoms with Gasteiger partial charge in [-0.05, 0) is 25.5 Å². The van der Waals surface area contributed by atoms with E-state index in [1.165, 1.54) is 12.1 Å². The highest BCUT2D eigenvalue weighted by Gasteiger charge is 2.13. The topological polar surface area (TPSA) is 101 Å². The number of aryl methyl sites for hydroxylation is 2. The zero-order chi connectivity index (χ0) is 18.7. The molecule has 8 heteroatoms. The van der Waals surface area contributed by atoms with Crippen LogP contribution in [-0.4, -0.2) is 33.1 Å². The van der Waals surface area contributed by atoms with Gasteiger partial charge in [0.05, 0.1) is 22.1 Å². The normalized spacial score (nSPS) is 10.7. The first-order valence-corrected chi connectivity index (χ1v) is 8.18. The van der Waals surface area contributed by atoms with Crippen LogP contribution in [0.2, 0.25) is 0 Å². The molecule has 132 valence electrons. The van der Waals surface area contributed by atoms with Gasteiger partial charge in [-0.15, -0.1) is 0 Å². The van der Waals surface area contributed by atoms with Gasteiger partial charge in [-0.25, -0.2) is 9.97 Å². The molecule has 2 heterocycles. The van der Waals surface area contributed by atoms with Crippen molar-refractivity contribution in [2.75, 3.05) is 18.5 Å². The first-order chi connectivity index (χ1) is 12.5. The van der Waals surface area contributed by atoms with Crippen molar-refractivity contribution < 1.29 is 4.92 Å². The Bertz CT molecular complexity index is 1000. The molecule has 0 N–H and O–H groups in total. The van der Waals surface area contributed by atoms with Gasteiger partial charge in [0.1, 0.15) is 11.6 Å². The Labute approximate surface area is 150 Å². The molecule has 0 atom stereocenters. The van der Waals surface area contributed by atoms with Crippen LogP contribution in [-0.2, 0) is 6.54 Å². The van der Waals surface area contributed by atoms with Crippen LogP contribution in [0.15, 0.2) is 36.7 Å². The molecule has 0 saturated heterocycles. The van der Waals surface area contributed by atoms with Crippen molar-refractivity contribution in [2.45, 2.75) is 19.9 Å². The van der Waals surface area contributed by atoms with E-state index in [4.69, 9.17) is 0 Å². The molecule has 0 bridgehead atoms. The molecule has 26 heavy (non-hydrogen) atoms. The minimum Gasteiger partial charge on any atom is -0.360 e. The molecule has 0 unspecified atom stereocenters. The van der Waals surface area contributed by atoms with E-state index in [-0.39, 0.29) is 5.69 Å². The molecule has 0 fully saturated rings. The highest BCUT2D eigenvalue weighted by atomic mass is 16.6. The predicted molar refractivity (Wildman–Crippen MR) is 98.0 cm³/mol. The van der Waals surface area contributed by atoms with Gasteiger partial charge in [-0.1, -0.05) is 0 Å². The number of imidazole rings is 1. The van der Waals surface area contributed by atoms with Gasteiger partial charge in [-0.2, -0.15) is 5.26 Å². The summed E-state index contributed by atoms with van der Waals surface area (Å²) in [5, 5.41) is 20.9. The molecule has 0 aliphatic carbocycles. The fraction of sp³-hybridized carbons (Fsp3) is 0.278. The van der Waals surface area contributed by atoms with Crippen LogP contribution in [0.5, 0.6) is 0 Å². The maximum absolute atomic E-state index is 10.9. The number of rotatable bonds is 6. The standard InChI is InChI=1S/C18H18N6O2/c1-13-20-6-9-23(13)8-3-7-22(2)18-10-14(12-19)16-11-15(24(25)26)4-5-17(16)21-18/h4-6,9-11H,3,7-8H2,1-2H3. The van der Waals surface area contributed by atoms with Gasteiger partial charge >= 0.3 is 0 Å². The minimum absolute atomic E-state index is 0.0485. The zero-order valence-corrected chi connectivity index (χ0v) is 14.6.